The van der Waals surface area contributed by atoms with Gasteiger partial charge in [-0.15, -0.1) is 0 Å². The van der Waals surface area contributed by atoms with Crippen molar-refractivity contribution in [1.82, 2.24) is 0 Å². The number of fused-ring (bicyclic) bond motifs is 5. The fraction of sp³-hybridized carbons (Fsp3) is 0.909. The molecule has 1 heterocycles. The fourth-order valence-electron chi connectivity index (χ4n) is 4.01. The monoisotopic (exact) mass is 196 g/mol. The Kier molecular flexibility index (Phi) is 1.45. The van der Waals surface area contributed by atoms with Crippen LogP contribution in [0.2, 0.25) is 0 Å². The van der Waals surface area contributed by atoms with E-state index in [0.717, 1.165) is 12.8 Å². The number of aliphatic hydroxyl groups excluding tert-OH is 1. The number of esters is 1. The number of carbonyl (C=O) groups excluding carboxylic acids is 1. The molecule has 3 nitrogen and oxygen atoms in total. The van der Waals surface area contributed by atoms with Crippen LogP contribution in [0.5, 0.6) is 0 Å². The quantitative estimate of drug-likeness (QED) is 0.587. The first kappa shape index (κ1) is 8.72. The summed E-state index contributed by atoms with van der Waals surface area (Å²) in [5, 5.41) is 9.82. The molecular formula is C11H16O3. The summed E-state index contributed by atoms with van der Waals surface area (Å²) in [6, 6.07) is 0. The summed E-state index contributed by atoms with van der Waals surface area (Å²) in [7, 11) is 0. The zero-order valence-electron chi connectivity index (χ0n) is 8.56. The Bertz CT molecular complexity index is 297. The van der Waals surface area contributed by atoms with Crippen LogP contribution in [0.15, 0.2) is 0 Å². The van der Waals surface area contributed by atoms with Crippen molar-refractivity contribution < 1.29 is 14.6 Å². The number of hydrogen-bond acceptors (Lipinski definition) is 3. The predicted molar refractivity (Wildman–Crippen MR) is 49.4 cm³/mol. The molecule has 2 aliphatic carbocycles. The first-order valence-electron chi connectivity index (χ1n) is 5.41. The van der Waals surface area contributed by atoms with Crippen LogP contribution < -0.4 is 0 Å². The number of ether oxygens (including phenoxy) is 1. The van der Waals surface area contributed by atoms with Crippen LogP contribution in [-0.2, 0) is 9.53 Å². The molecule has 3 rings (SSSR count). The molecule has 0 unspecified atom stereocenters. The lowest BCUT2D eigenvalue weighted by Gasteiger charge is -2.32. The van der Waals surface area contributed by atoms with Gasteiger partial charge in [-0.3, -0.25) is 4.79 Å². The summed E-state index contributed by atoms with van der Waals surface area (Å²) in [6.45, 7) is 3.95. The van der Waals surface area contributed by atoms with E-state index in [2.05, 4.69) is 0 Å². The van der Waals surface area contributed by atoms with Crippen molar-refractivity contribution in [2.45, 2.75) is 38.4 Å². The topological polar surface area (TPSA) is 46.5 Å². The molecule has 78 valence electrons. The SMILES string of the molecule is CC1(C)OC(=O)[C@@H]2[C@@H]3C[C@H]([C@@H]21)[C@@H](O)C3. The van der Waals surface area contributed by atoms with Crippen molar-refractivity contribution in [2.75, 3.05) is 0 Å². The van der Waals surface area contributed by atoms with Gasteiger partial charge in [0.1, 0.15) is 5.60 Å². The van der Waals surface area contributed by atoms with Crippen molar-refractivity contribution in [3.05, 3.63) is 0 Å². The highest BCUT2D eigenvalue weighted by Gasteiger charge is 2.65. The average Bonchev–Trinajstić information content (AvgIpc) is 2.62. The van der Waals surface area contributed by atoms with Crippen LogP contribution in [0.3, 0.4) is 0 Å². The molecule has 1 saturated heterocycles. The number of carbonyl (C=O) groups is 1. The van der Waals surface area contributed by atoms with Gasteiger partial charge in [-0.05, 0) is 38.5 Å². The molecule has 0 aromatic rings. The highest BCUT2D eigenvalue weighted by Crippen LogP contribution is 2.60. The van der Waals surface area contributed by atoms with E-state index in [1.54, 1.807) is 0 Å². The molecule has 0 aromatic carbocycles. The summed E-state index contributed by atoms with van der Waals surface area (Å²) >= 11 is 0. The van der Waals surface area contributed by atoms with Gasteiger partial charge in [0.25, 0.3) is 0 Å². The van der Waals surface area contributed by atoms with E-state index in [9.17, 15) is 9.90 Å². The predicted octanol–water partition coefficient (Wildman–Crippen LogP) is 0.955. The van der Waals surface area contributed by atoms with Crippen LogP contribution >= 0.6 is 0 Å². The maximum absolute atomic E-state index is 11.7. The molecule has 0 spiro atoms. The van der Waals surface area contributed by atoms with Gasteiger partial charge in [0.2, 0.25) is 0 Å². The largest absolute Gasteiger partial charge is 0.459 e. The van der Waals surface area contributed by atoms with Gasteiger partial charge in [0.05, 0.1) is 12.0 Å². The van der Waals surface area contributed by atoms with Crippen LogP contribution in [0.4, 0.5) is 0 Å². The summed E-state index contributed by atoms with van der Waals surface area (Å²) in [5.74, 6) is 0.988. The molecule has 1 N–H and O–H groups in total. The van der Waals surface area contributed by atoms with E-state index in [4.69, 9.17) is 4.74 Å². The summed E-state index contributed by atoms with van der Waals surface area (Å²) in [4.78, 5) is 11.7. The lowest BCUT2D eigenvalue weighted by atomic mass is 9.72. The van der Waals surface area contributed by atoms with E-state index in [-0.39, 0.29) is 29.5 Å². The van der Waals surface area contributed by atoms with Crippen molar-refractivity contribution in [2.24, 2.45) is 23.7 Å². The van der Waals surface area contributed by atoms with E-state index in [0.29, 0.717) is 11.8 Å². The molecule has 3 aliphatic rings. The summed E-state index contributed by atoms with van der Waals surface area (Å²) < 4.78 is 5.39. The standard InChI is InChI=1S/C11H16O3/c1-11(2)9-6-3-5(4-7(6)12)8(9)10(13)14-11/h5-9,12H,3-4H2,1-2H3/t5-,6+,7+,8-,9+/m1/s1. The van der Waals surface area contributed by atoms with Crippen LogP contribution in [0.1, 0.15) is 26.7 Å². The highest BCUT2D eigenvalue weighted by molar-refractivity contribution is 5.77. The minimum atomic E-state index is -0.359. The zero-order valence-corrected chi connectivity index (χ0v) is 8.56. The van der Waals surface area contributed by atoms with E-state index >= 15 is 0 Å². The first-order chi connectivity index (χ1) is 6.50. The number of cyclic esters (lactones) is 1. The maximum Gasteiger partial charge on any atom is 0.310 e. The second-order valence-corrected chi connectivity index (χ2v) is 5.54. The van der Waals surface area contributed by atoms with Crippen LogP contribution in [-0.4, -0.2) is 22.8 Å². The zero-order chi connectivity index (χ0) is 10.1. The van der Waals surface area contributed by atoms with Crippen molar-refractivity contribution in [3.63, 3.8) is 0 Å². The van der Waals surface area contributed by atoms with E-state index in [1.165, 1.54) is 0 Å². The molecule has 3 heteroatoms. The lowest BCUT2D eigenvalue weighted by Crippen LogP contribution is -2.39. The summed E-state index contributed by atoms with van der Waals surface area (Å²) in [6.07, 6.45) is 1.63. The van der Waals surface area contributed by atoms with Gasteiger partial charge in [0.15, 0.2) is 0 Å². The van der Waals surface area contributed by atoms with Gasteiger partial charge in [-0.25, -0.2) is 0 Å². The molecule has 2 saturated carbocycles. The third-order valence-corrected chi connectivity index (χ3v) is 4.41. The molecule has 5 atom stereocenters. The molecule has 0 radical (unpaired) electrons. The molecule has 14 heavy (non-hydrogen) atoms. The third-order valence-electron chi connectivity index (χ3n) is 4.41. The maximum atomic E-state index is 11.7. The Hall–Kier alpha value is -0.570. The fourth-order valence-corrected chi connectivity index (χ4v) is 4.01. The second-order valence-electron chi connectivity index (χ2n) is 5.54. The highest BCUT2D eigenvalue weighted by atomic mass is 16.6. The Morgan fingerprint density at radius 2 is 2.14 bits per heavy atom. The minimum Gasteiger partial charge on any atom is -0.459 e. The second kappa shape index (κ2) is 2.32. The van der Waals surface area contributed by atoms with Crippen molar-refractivity contribution >= 4 is 5.97 Å². The lowest BCUT2D eigenvalue weighted by molar-refractivity contribution is -0.150. The Labute approximate surface area is 83.4 Å². The first-order valence-corrected chi connectivity index (χ1v) is 5.41. The van der Waals surface area contributed by atoms with Gasteiger partial charge >= 0.3 is 5.97 Å². The summed E-state index contributed by atoms with van der Waals surface area (Å²) in [5.41, 5.74) is -0.359. The van der Waals surface area contributed by atoms with Gasteiger partial charge < -0.3 is 9.84 Å². The van der Waals surface area contributed by atoms with Gasteiger partial charge in [0, 0.05) is 5.92 Å². The number of hydrogen-bond donors (Lipinski definition) is 1. The van der Waals surface area contributed by atoms with Crippen molar-refractivity contribution in [3.8, 4) is 0 Å². The van der Waals surface area contributed by atoms with E-state index < -0.39 is 0 Å². The molecule has 0 amide bonds. The number of rotatable bonds is 0. The Morgan fingerprint density at radius 3 is 2.86 bits per heavy atom. The molecular weight excluding hydrogens is 180 g/mol. The average molecular weight is 196 g/mol. The smallest absolute Gasteiger partial charge is 0.310 e. The van der Waals surface area contributed by atoms with Gasteiger partial charge in [-0.1, -0.05) is 0 Å². The molecule has 2 bridgehead atoms. The van der Waals surface area contributed by atoms with E-state index in [1.807, 2.05) is 13.8 Å². The third kappa shape index (κ3) is 0.842. The van der Waals surface area contributed by atoms with Crippen LogP contribution in [0, 0.1) is 23.7 Å². The molecule has 1 aliphatic heterocycles. The minimum absolute atomic E-state index is 0.0283. The molecule has 3 fully saturated rings. The van der Waals surface area contributed by atoms with Crippen molar-refractivity contribution in [1.29, 1.82) is 0 Å². The van der Waals surface area contributed by atoms with Gasteiger partial charge in [-0.2, -0.15) is 0 Å². The van der Waals surface area contributed by atoms with Crippen LogP contribution in [0.25, 0.3) is 0 Å². The molecule has 0 aromatic heterocycles. The number of aliphatic hydroxyl groups is 1. The Morgan fingerprint density at radius 1 is 1.43 bits per heavy atom. The normalized spacial score (nSPS) is 53.4. The Balaban J connectivity index is 2.01.